The zero-order valence-corrected chi connectivity index (χ0v) is 8.23. The standard InChI is InChI=1S/C9H16ClNO/c1-7(10)5-6-11-9(12)8-3-2-4-8/h7-8H,2-6H2,1H3,(H,11,12). The molecule has 0 spiro atoms. The highest BCUT2D eigenvalue weighted by Gasteiger charge is 2.24. The van der Waals surface area contributed by atoms with E-state index in [1.165, 1.54) is 6.42 Å². The molecule has 1 saturated carbocycles. The molecule has 1 rings (SSSR count). The van der Waals surface area contributed by atoms with Gasteiger partial charge in [0.2, 0.25) is 5.91 Å². The largest absolute Gasteiger partial charge is 0.356 e. The van der Waals surface area contributed by atoms with Crippen LogP contribution < -0.4 is 5.32 Å². The summed E-state index contributed by atoms with van der Waals surface area (Å²) in [6.45, 7) is 2.66. The van der Waals surface area contributed by atoms with Crippen LogP contribution in [0.2, 0.25) is 0 Å². The monoisotopic (exact) mass is 189 g/mol. The Morgan fingerprint density at radius 3 is 2.75 bits per heavy atom. The number of amides is 1. The predicted octanol–water partition coefficient (Wildman–Crippen LogP) is 1.92. The van der Waals surface area contributed by atoms with Crippen molar-refractivity contribution >= 4 is 17.5 Å². The second-order valence-corrected chi connectivity index (χ2v) is 4.23. The quantitative estimate of drug-likeness (QED) is 0.673. The van der Waals surface area contributed by atoms with E-state index in [4.69, 9.17) is 11.6 Å². The number of hydrogen-bond acceptors (Lipinski definition) is 1. The average molecular weight is 190 g/mol. The van der Waals surface area contributed by atoms with Gasteiger partial charge < -0.3 is 5.32 Å². The number of alkyl halides is 1. The van der Waals surface area contributed by atoms with E-state index in [2.05, 4.69) is 5.32 Å². The lowest BCUT2D eigenvalue weighted by Crippen LogP contribution is -2.35. The summed E-state index contributed by atoms with van der Waals surface area (Å²) in [6, 6.07) is 0. The highest BCUT2D eigenvalue weighted by atomic mass is 35.5. The van der Waals surface area contributed by atoms with Crippen LogP contribution in [0.5, 0.6) is 0 Å². The van der Waals surface area contributed by atoms with Crippen LogP contribution in [0.15, 0.2) is 0 Å². The highest BCUT2D eigenvalue weighted by molar-refractivity contribution is 6.20. The van der Waals surface area contributed by atoms with Gasteiger partial charge in [-0.05, 0) is 26.2 Å². The summed E-state index contributed by atoms with van der Waals surface area (Å²) < 4.78 is 0. The smallest absolute Gasteiger partial charge is 0.223 e. The molecule has 0 aromatic heterocycles. The molecule has 1 aliphatic carbocycles. The Morgan fingerprint density at radius 2 is 2.33 bits per heavy atom. The number of carbonyl (C=O) groups is 1. The minimum absolute atomic E-state index is 0.159. The van der Waals surface area contributed by atoms with E-state index in [1.807, 2.05) is 6.92 Å². The van der Waals surface area contributed by atoms with E-state index >= 15 is 0 Å². The fourth-order valence-electron chi connectivity index (χ4n) is 1.21. The molecule has 0 aromatic rings. The van der Waals surface area contributed by atoms with E-state index in [-0.39, 0.29) is 11.3 Å². The lowest BCUT2D eigenvalue weighted by atomic mass is 9.85. The number of rotatable bonds is 4. The van der Waals surface area contributed by atoms with Crippen LogP contribution in [0.25, 0.3) is 0 Å². The van der Waals surface area contributed by atoms with Crippen molar-refractivity contribution in [1.29, 1.82) is 0 Å². The van der Waals surface area contributed by atoms with Crippen molar-refractivity contribution in [1.82, 2.24) is 5.32 Å². The molecule has 0 heterocycles. The van der Waals surface area contributed by atoms with Gasteiger partial charge >= 0.3 is 0 Å². The number of carbonyl (C=O) groups excluding carboxylic acids is 1. The van der Waals surface area contributed by atoms with Gasteiger partial charge in [0.15, 0.2) is 0 Å². The van der Waals surface area contributed by atoms with Crippen molar-refractivity contribution < 1.29 is 4.79 Å². The molecule has 12 heavy (non-hydrogen) atoms. The van der Waals surface area contributed by atoms with E-state index in [1.54, 1.807) is 0 Å². The molecule has 1 aliphatic rings. The molecule has 1 amide bonds. The number of halogens is 1. The topological polar surface area (TPSA) is 29.1 Å². The van der Waals surface area contributed by atoms with Crippen LogP contribution in [-0.4, -0.2) is 17.8 Å². The first-order chi connectivity index (χ1) is 5.70. The second kappa shape index (κ2) is 4.70. The molecule has 0 radical (unpaired) electrons. The van der Waals surface area contributed by atoms with Gasteiger partial charge in [0.25, 0.3) is 0 Å². The fourth-order valence-corrected chi connectivity index (χ4v) is 1.32. The van der Waals surface area contributed by atoms with Gasteiger partial charge in [0.05, 0.1) is 0 Å². The summed E-state index contributed by atoms with van der Waals surface area (Å²) in [5.41, 5.74) is 0. The van der Waals surface area contributed by atoms with Gasteiger partial charge in [-0.15, -0.1) is 11.6 Å². The fraction of sp³-hybridized carbons (Fsp3) is 0.889. The van der Waals surface area contributed by atoms with Crippen LogP contribution in [-0.2, 0) is 4.79 Å². The maximum Gasteiger partial charge on any atom is 0.223 e. The molecule has 1 unspecified atom stereocenters. The first kappa shape index (κ1) is 9.85. The van der Waals surface area contributed by atoms with Crippen LogP contribution in [0.4, 0.5) is 0 Å². The van der Waals surface area contributed by atoms with Crippen LogP contribution >= 0.6 is 11.6 Å². The number of hydrogen-bond donors (Lipinski definition) is 1. The minimum atomic E-state index is 0.159. The third-order valence-electron chi connectivity index (χ3n) is 2.32. The molecule has 0 saturated heterocycles. The summed E-state index contributed by atoms with van der Waals surface area (Å²) >= 11 is 5.74. The van der Waals surface area contributed by atoms with E-state index in [0.29, 0.717) is 5.92 Å². The van der Waals surface area contributed by atoms with Crippen LogP contribution in [0.3, 0.4) is 0 Å². The van der Waals surface area contributed by atoms with Crippen molar-refractivity contribution in [2.24, 2.45) is 5.92 Å². The zero-order valence-electron chi connectivity index (χ0n) is 7.48. The Morgan fingerprint density at radius 1 is 1.67 bits per heavy atom. The Kier molecular flexibility index (Phi) is 3.86. The van der Waals surface area contributed by atoms with Crippen molar-refractivity contribution in [3.05, 3.63) is 0 Å². The van der Waals surface area contributed by atoms with E-state index < -0.39 is 0 Å². The molecular formula is C9H16ClNO. The molecule has 3 heteroatoms. The van der Waals surface area contributed by atoms with E-state index in [0.717, 1.165) is 25.8 Å². The zero-order chi connectivity index (χ0) is 8.97. The second-order valence-electron chi connectivity index (χ2n) is 3.49. The maximum atomic E-state index is 11.3. The molecular weight excluding hydrogens is 174 g/mol. The first-order valence-electron chi connectivity index (χ1n) is 4.62. The Labute approximate surface area is 78.7 Å². The van der Waals surface area contributed by atoms with Crippen molar-refractivity contribution in [3.8, 4) is 0 Å². The molecule has 1 N–H and O–H groups in total. The Balaban J connectivity index is 2.02. The Bertz CT molecular complexity index is 155. The first-order valence-corrected chi connectivity index (χ1v) is 5.05. The van der Waals surface area contributed by atoms with Gasteiger partial charge in [0, 0.05) is 17.8 Å². The van der Waals surface area contributed by atoms with Crippen molar-refractivity contribution in [2.75, 3.05) is 6.54 Å². The molecule has 2 nitrogen and oxygen atoms in total. The Hall–Kier alpha value is -0.240. The summed E-state index contributed by atoms with van der Waals surface area (Å²) in [5.74, 6) is 0.522. The van der Waals surface area contributed by atoms with Gasteiger partial charge in [-0.3, -0.25) is 4.79 Å². The van der Waals surface area contributed by atoms with Crippen LogP contribution in [0.1, 0.15) is 32.6 Å². The predicted molar refractivity (Wildman–Crippen MR) is 50.3 cm³/mol. The summed E-state index contributed by atoms with van der Waals surface area (Å²) in [6.07, 6.45) is 4.22. The lowest BCUT2D eigenvalue weighted by Gasteiger charge is -2.24. The molecule has 1 fully saturated rings. The van der Waals surface area contributed by atoms with Crippen molar-refractivity contribution in [3.63, 3.8) is 0 Å². The molecule has 0 bridgehead atoms. The van der Waals surface area contributed by atoms with Crippen LogP contribution in [0, 0.1) is 5.92 Å². The van der Waals surface area contributed by atoms with Gasteiger partial charge in [0.1, 0.15) is 0 Å². The lowest BCUT2D eigenvalue weighted by molar-refractivity contribution is -0.127. The summed E-state index contributed by atoms with van der Waals surface area (Å²) in [5, 5.41) is 3.05. The van der Waals surface area contributed by atoms with Gasteiger partial charge in [-0.1, -0.05) is 6.42 Å². The molecule has 0 aromatic carbocycles. The highest BCUT2D eigenvalue weighted by Crippen LogP contribution is 2.26. The van der Waals surface area contributed by atoms with Gasteiger partial charge in [-0.2, -0.15) is 0 Å². The summed E-state index contributed by atoms with van der Waals surface area (Å²) in [4.78, 5) is 11.3. The summed E-state index contributed by atoms with van der Waals surface area (Å²) in [7, 11) is 0. The average Bonchev–Trinajstić information content (AvgIpc) is 1.81. The van der Waals surface area contributed by atoms with Gasteiger partial charge in [-0.25, -0.2) is 0 Å². The SMILES string of the molecule is CC(Cl)CCNC(=O)C1CCC1. The minimum Gasteiger partial charge on any atom is -0.356 e. The third-order valence-corrected chi connectivity index (χ3v) is 2.54. The van der Waals surface area contributed by atoms with E-state index in [9.17, 15) is 4.79 Å². The molecule has 1 atom stereocenters. The third kappa shape index (κ3) is 3.02. The normalized spacial score (nSPS) is 19.8. The molecule has 0 aliphatic heterocycles. The van der Waals surface area contributed by atoms with Crippen molar-refractivity contribution in [2.45, 2.75) is 38.0 Å². The molecule has 70 valence electrons. The maximum absolute atomic E-state index is 11.3. The number of nitrogens with one attached hydrogen (secondary N) is 1.